The number of aromatic amines is 1. The number of fused-ring (bicyclic) bond motifs is 1. The molecule has 2 aromatic carbocycles. The van der Waals surface area contributed by atoms with E-state index in [2.05, 4.69) is 20.6 Å². The summed E-state index contributed by atoms with van der Waals surface area (Å²) in [5, 5.41) is 16.5. The van der Waals surface area contributed by atoms with Crippen molar-refractivity contribution >= 4 is 17.5 Å². The Morgan fingerprint density at radius 2 is 1.90 bits per heavy atom. The molecule has 3 heterocycles. The average Bonchev–Trinajstić information content (AvgIpc) is 3.37. The summed E-state index contributed by atoms with van der Waals surface area (Å²) in [5.41, 5.74) is 3.15. The molecule has 0 bridgehead atoms. The van der Waals surface area contributed by atoms with Gasteiger partial charge in [-0.1, -0.05) is 41.6 Å². The van der Waals surface area contributed by atoms with Crippen molar-refractivity contribution < 1.29 is 13.9 Å². The molecule has 2 aromatic heterocycles. The number of thioether (sulfide) groups is 1. The molecule has 0 amide bonds. The number of hydrogen-bond donors (Lipinski definition) is 1. The molecule has 9 nitrogen and oxygen atoms in total. The van der Waals surface area contributed by atoms with E-state index < -0.39 is 5.63 Å². The highest BCUT2D eigenvalue weighted by molar-refractivity contribution is 7.99. The second-order valence-corrected chi connectivity index (χ2v) is 7.62. The largest absolute Gasteiger partial charge is 0.497 e. The Morgan fingerprint density at radius 1 is 1.13 bits per heavy atom. The molecule has 0 unspecified atom stereocenters. The summed E-state index contributed by atoms with van der Waals surface area (Å²) in [6, 6.07) is 15.2. The fourth-order valence-corrected chi connectivity index (χ4v) is 3.97. The fourth-order valence-electron chi connectivity index (χ4n) is 3.16. The minimum absolute atomic E-state index is 0.321. The SMILES string of the molecule is COc1ccc(-[n+]2[nH]oc(=O)c2C2=Nn3c(nnc3-c3ccc(C)cc3)SC2)cc1. The van der Waals surface area contributed by atoms with Gasteiger partial charge in [0.25, 0.3) is 0 Å². The van der Waals surface area contributed by atoms with Crippen molar-refractivity contribution in [3.05, 3.63) is 70.2 Å². The van der Waals surface area contributed by atoms with E-state index in [1.165, 1.54) is 11.8 Å². The summed E-state index contributed by atoms with van der Waals surface area (Å²) in [6.45, 7) is 2.03. The molecule has 0 radical (unpaired) electrons. The van der Waals surface area contributed by atoms with E-state index in [4.69, 9.17) is 9.26 Å². The van der Waals surface area contributed by atoms with Crippen LogP contribution < -0.4 is 15.0 Å². The Hall–Kier alpha value is -3.66. The zero-order valence-electron chi connectivity index (χ0n) is 16.2. The number of benzene rings is 2. The molecule has 0 fully saturated rings. The van der Waals surface area contributed by atoms with Gasteiger partial charge in [0.05, 0.1) is 12.9 Å². The Kier molecular flexibility index (Phi) is 4.47. The number of methoxy groups -OCH3 is 1. The lowest BCUT2D eigenvalue weighted by Crippen LogP contribution is -2.42. The van der Waals surface area contributed by atoms with Crippen LogP contribution in [0.5, 0.6) is 5.75 Å². The number of nitrogens with one attached hydrogen (secondary N) is 1. The highest BCUT2D eigenvalue weighted by atomic mass is 32.2. The number of H-pyrrole nitrogens is 1. The third-order valence-electron chi connectivity index (χ3n) is 4.73. The van der Waals surface area contributed by atoms with Crippen LogP contribution in [0.15, 0.2) is 68.1 Å². The van der Waals surface area contributed by atoms with Crippen molar-refractivity contribution in [1.82, 2.24) is 20.1 Å². The second-order valence-electron chi connectivity index (χ2n) is 6.68. The third-order valence-corrected chi connectivity index (χ3v) is 5.66. The van der Waals surface area contributed by atoms with Crippen molar-refractivity contribution in [2.24, 2.45) is 5.10 Å². The van der Waals surface area contributed by atoms with E-state index in [9.17, 15) is 4.79 Å². The molecular formula is C20H17N6O3S+. The topological polar surface area (TPSA) is 102 Å². The number of hydrogen-bond acceptors (Lipinski definition) is 7. The van der Waals surface area contributed by atoms with Crippen LogP contribution in [0.4, 0.5) is 0 Å². The van der Waals surface area contributed by atoms with Gasteiger partial charge >= 0.3 is 11.3 Å². The van der Waals surface area contributed by atoms with Gasteiger partial charge in [-0.2, -0.15) is 9.78 Å². The van der Waals surface area contributed by atoms with Crippen LogP contribution in [-0.2, 0) is 0 Å². The molecule has 5 rings (SSSR count). The van der Waals surface area contributed by atoms with E-state index in [1.54, 1.807) is 16.5 Å². The van der Waals surface area contributed by atoms with Crippen molar-refractivity contribution in [3.63, 3.8) is 0 Å². The van der Waals surface area contributed by atoms with Crippen molar-refractivity contribution in [2.75, 3.05) is 12.9 Å². The predicted molar refractivity (Wildman–Crippen MR) is 110 cm³/mol. The minimum Gasteiger partial charge on any atom is -0.497 e. The van der Waals surface area contributed by atoms with Gasteiger partial charge in [-0.3, -0.25) is 4.52 Å². The van der Waals surface area contributed by atoms with Gasteiger partial charge < -0.3 is 4.74 Å². The van der Waals surface area contributed by atoms with E-state index in [-0.39, 0.29) is 0 Å². The van der Waals surface area contributed by atoms with E-state index >= 15 is 0 Å². The van der Waals surface area contributed by atoms with Crippen molar-refractivity contribution in [3.8, 4) is 22.8 Å². The summed E-state index contributed by atoms with van der Waals surface area (Å²) < 4.78 is 13.5. The molecule has 0 atom stereocenters. The van der Waals surface area contributed by atoms with Gasteiger partial charge in [-0.25, -0.2) is 4.79 Å². The molecule has 1 N–H and O–H groups in total. The van der Waals surface area contributed by atoms with Gasteiger partial charge in [-0.15, -0.1) is 10.2 Å². The summed E-state index contributed by atoms with van der Waals surface area (Å²) >= 11 is 1.46. The normalized spacial score (nSPS) is 13.1. The smallest absolute Gasteiger partial charge is 0.437 e. The van der Waals surface area contributed by atoms with E-state index in [0.29, 0.717) is 33.9 Å². The number of rotatable bonds is 4. The van der Waals surface area contributed by atoms with Gasteiger partial charge in [0.15, 0.2) is 11.5 Å². The first-order valence-corrected chi connectivity index (χ1v) is 10.1. The number of ether oxygens (including phenoxy) is 1. The van der Waals surface area contributed by atoms with E-state index in [0.717, 1.165) is 16.8 Å². The second kappa shape index (κ2) is 7.30. The maximum Gasteiger partial charge on any atom is 0.437 e. The fraction of sp³-hybridized carbons (Fsp3) is 0.150. The van der Waals surface area contributed by atoms with Crippen LogP contribution in [0.25, 0.3) is 17.1 Å². The lowest BCUT2D eigenvalue weighted by Gasteiger charge is -2.10. The highest BCUT2D eigenvalue weighted by Crippen LogP contribution is 2.28. The molecule has 150 valence electrons. The molecule has 10 heteroatoms. The summed E-state index contributed by atoms with van der Waals surface area (Å²) in [4.78, 5) is 12.5. The molecule has 30 heavy (non-hydrogen) atoms. The predicted octanol–water partition coefficient (Wildman–Crippen LogP) is 2.18. The summed E-state index contributed by atoms with van der Waals surface area (Å²) in [7, 11) is 1.60. The number of aryl methyl sites for hydroxylation is 1. The first-order chi connectivity index (χ1) is 14.6. The molecule has 1 aliphatic rings. The molecule has 0 saturated carbocycles. The van der Waals surface area contributed by atoms with Crippen molar-refractivity contribution in [2.45, 2.75) is 12.1 Å². The third kappa shape index (κ3) is 3.11. The monoisotopic (exact) mass is 421 g/mol. The van der Waals surface area contributed by atoms with Gasteiger partial charge in [-0.05, 0) is 29.0 Å². The lowest BCUT2D eigenvalue weighted by atomic mass is 10.1. The zero-order chi connectivity index (χ0) is 20.7. The number of nitrogens with zero attached hydrogens (tertiary/aromatic N) is 5. The maximum atomic E-state index is 12.5. The summed E-state index contributed by atoms with van der Waals surface area (Å²) in [5.74, 6) is 1.80. The van der Waals surface area contributed by atoms with Crippen LogP contribution >= 0.6 is 11.8 Å². The molecule has 4 aromatic rings. The Bertz CT molecular complexity index is 1300. The quantitative estimate of drug-likeness (QED) is 0.507. The van der Waals surface area contributed by atoms with Gasteiger partial charge in [0, 0.05) is 17.7 Å². The van der Waals surface area contributed by atoms with Crippen LogP contribution in [0.2, 0.25) is 0 Å². The van der Waals surface area contributed by atoms with Gasteiger partial charge in [0.1, 0.15) is 5.75 Å². The molecule has 0 aliphatic carbocycles. The van der Waals surface area contributed by atoms with Crippen LogP contribution in [0.3, 0.4) is 0 Å². The van der Waals surface area contributed by atoms with Crippen LogP contribution in [0.1, 0.15) is 11.3 Å². The molecule has 0 spiro atoms. The first kappa shape index (κ1) is 18.4. The van der Waals surface area contributed by atoms with E-state index in [1.807, 2.05) is 55.5 Å². The summed E-state index contributed by atoms with van der Waals surface area (Å²) in [6.07, 6.45) is 0. The Balaban J connectivity index is 1.60. The molecule has 0 saturated heterocycles. The van der Waals surface area contributed by atoms with Gasteiger partial charge in [0.2, 0.25) is 10.8 Å². The van der Waals surface area contributed by atoms with Crippen LogP contribution in [0, 0.1) is 6.92 Å². The number of aromatic nitrogens is 5. The Morgan fingerprint density at radius 3 is 2.63 bits per heavy atom. The minimum atomic E-state index is -0.501. The zero-order valence-corrected chi connectivity index (χ0v) is 17.0. The first-order valence-electron chi connectivity index (χ1n) is 9.15. The van der Waals surface area contributed by atoms with Crippen LogP contribution in [-0.4, -0.2) is 38.7 Å². The molecule has 1 aliphatic heterocycles. The Labute approximate surface area is 175 Å². The maximum absolute atomic E-state index is 12.5. The average molecular weight is 421 g/mol. The molecular weight excluding hydrogens is 404 g/mol. The highest BCUT2D eigenvalue weighted by Gasteiger charge is 2.32. The standard InChI is InChI=1S/C20H16N6O3S/c1-12-3-5-13(6-4-12)18-21-22-20-26(18)23-16(11-30-20)17-19(27)29-24-25(17)14-7-9-15(28-2)10-8-14/h3-10H,11H2,1-2H3/p+1. The lowest BCUT2D eigenvalue weighted by molar-refractivity contribution is -0.671. The van der Waals surface area contributed by atoms with Crippen molar-refractivity contribution in [1.29, 1.82) is 0 Å².